The molecule has 0 bridgehead atoms. The molecule has 0 aromatic heterocycles. The summed E-state index contributed by atoms with van der Waals surface area (Å²) in [5.74, 6) is 0.0105. The minimum absolute atomic E-state index is 0.0209. The number of hydrogen-bond donors (Lipinski definition) is 1. The van der Waals surface area contributed by atoms with Crippen LogP contribution in [0.4, 0.5) is 5.69 Å². The zero-order valence-corrected chi connectivity index (χ0v) is 15.5. The number of rotatable bonds is 5. The normalized spacial score (nSPS) is 17.3. The van der Waals surface area contributed by atoms with E-state index in [-0.39, 0.29) is 22.3 Å². The van der Waals surface area contributed by atoms with Crippen LogP contribution in [0.3, 0.4) is 0 Å². The van der Waals surface area contributed by atoms with Gasteiger partial charge in [0.2, 0.25) is 0 Å². The number of hydrogen-bond acceptors (Lipinski definition) is 4. The van der Waals surface area contributed by atoms with Crippen LogP contribution in [0.25, 0.3) is 0 Å². The Hall–Kier alpha value is -2.38. The lowest BCUT2D eigenvalue weighted by Gasteiger charge is -2.23. The standard InChI is InChI=1S/C19H23N3O3S/c1-21(16-7-3-2-4-8-16)26(24,25)18-10-6-5-9-17(18)19(23)22-12-11-15(13-20)14-22/h2-10,15H,11-14,20H2,1H3. The first kappa shape index (κ1) is 18.4. The molecule has 7 heteroatoms. The topological polar surface area (TPSA) is 83.7 Å². The van der Waals surface area contributed by atoms with Gasteiger partial charge < -0.3 is 10.6 Å². The van der Waals surface area contributed by atoms with Crippen molar-refractivity contribution < 1.29 is 13.2 Å². The SMILES string of the molecule is CN(c1ccccc1)S(=O)(=O)c1ccccc1C(=O)N1CCC(CN)C1. The van der Waals surface area contributed by atoms with Gasteiger partial charge in [-0.15, -0.1) is 0 Å². The van der Waals surface area contributed by atoms with Crippen molar-refractivity contribution in [2.75, 3.05) is 31.0 Å². The van der Waals surface area contributed by atoms with E-state index in [9.17, 15) is 13.2 Å². The van der Waals surface area contributed by atoms with Gasteiger partial charge >= 0.3 is 0 Å². The quantitative estimate of drug-likeness (QED) is 0.868. The summed E-state index contributed by atoms with van der Waals surface area (Å²) in [6.45, 7) is 1.70. The Kier molecular flexibility index (Phi) is 5.29. The van der Waals surface area contributed by atoms with E-state index in [2.05, 4.69) is 0 Å². The third kappa shape index (κ3) is 3.45. The van der Waals surface area contributed by atoms with Crippen LogP contribution >= 0.6 is 0 Å². The van der Waals surface area contributed by atoms with Gasteiger partial charge in [-0.2, -0.15) is 0 Å². The van der Waals surface area contributed by atoms with Crippen LogP contribution in [-0.4, -0.2) is 45.9 Å². The zero-order valence-electron chi connectivity index (χ0n) is 14.7. The van der Waals surface area contributed by atoms with Gasteiger partial charge in [0.05, 0.1) is 11.3 Å². The fourth-order valence-electron chi connectivity index (χ4n) is 3.17. The highest BCUT2D eigenvalue weighted by Crippen LogP contribution is 2.26. The Labute approximate surface area is 154 Å². The van der Waals surface area contributed by atoms with Crippen LogP contribution < -0.4 is 10.0 Å². The van der Waals surface area contributed by atoms with Gasteiger partial charge in [0.15, 0.2) is 0 Å². The predicted molar refractivity (Wildman–Crippen MR) is 102 cm³/mol. The largest absolute Gasteiger partial charge is 0.338 e. The van der Waals surface area contributed by atoms with Crippen molar-refractivity contribution in [3.8, 4) is 0 Å². The van der Waals surface area contributed by atoms with Gasteiger partial charge in [0.25, 0.3) is 15.9 Å². The first-order valence-corrected chi connectivity index (χ1v) is 10.0. The van der Waals surface area contributed by atoms with Crippen molar-refractivity contribution in [2.45, 2.75) is 11.3 Å². The van der Waals surface area contributed by atoms with E-state index in [0.717, 1.165) is 6.42 Å². The van der Waals surface area contributed by atoms with Gasteiger partial charge in [-0.05, 0) is 43.1 Å². The van der Waals surface area contributed by atoms with Crippen molar-refractivity contribution in [3.05, 3.63) is 60.2 Å². The van der Waals surface area contributed by atoms with E-state index in [1.54, 1.807) is 47.4 Å². The third-order valence-electron chi connectivity index (χ3n) is 4.78. The molecule has 138 valence electrons. The number of nitrogens with two attached hydrogens (primary N) is 1. The maximum Gasteiger partial charge on any atom is 0.264 e. The van der Waals surface area contributed by atoms with Crippen LogP contribution in [-0.2, 0) is 10.0 Å². The second-order valence-corrected chi connectivity index (χ2v) is 8.38. The highest BCUT2D eigenvalue weighted by molar-refractivity contribution is 7.92. The van der Waals surface area contributed by atoms with Gasteiger partial charge in [-0.25, -0.2) is 8.42 Å². The molecule has 2 aromatic carbocycles. The average Bonchev–Trinajstić information content (AvgIpc) is 3.16. The first-order chi connectivity index (χ1) is 12.4. The molecular weight excluding hydrogens is 350 g/mol. The monoisotopic (exact) mass is 373 g/mol. The lowest BCUT2D eigenvalue weighted by atomic mass is 10.1. The molecule has 2 N–H and O–H groups in total. The molecule has 1 fully saturated rings. The number of sulfonamides is 1. The summed E-state index contributed by atoms with van der Waals surface area (Å²) in [4.78, 5) is 14.6. The van der Waals surface area contributed by atoms with Gasteiger partial charge in [0.1, 0.15) is 4.90 Å². The van der Waals surface area contributed by atoms with E-state index in [1.165, 1.54) is 17.4 Å². The number of benzene rings is 2. The highest BCUT2D eigenvalue weighted by atomic mass is 32.2. The van der Waals surface area contributed by atoms with Crippen molar-refractivity contribution in [3.63, 3.8) is 0 Å². The molecular formula is C19H23N3O3S. The summed E-state index contributed by atoms with van der Waals surface area (Å²) in [6.07, 6.45) is 0.848. The van der Waals surface area contributed by atoms with Crippen molar-refractivity contribution in [1.82, 2.24) is 4.90 Å². The average molecular weight is 373 g/mol. The molecule has 6 nitrogen and oxygen atoms in total. The number of anilines is 1. The Morgan fingerprint density at radius 2 is 1.81 bits per heavy atom. The molecule has 1 unspecified atom stereocenters. The summed E-state index contributed by atoms with van der Waals surface area (Å²) in [6, 6.07) is 15.2. The lowest BCUT2D eigenvalue weighted by molar-refractivity contribution is 0.0784. The van der Waals surface area contributed by atoms with Gasteiger partial charge in [0, 0.05) is 20.1 Å². The molecule has 1 aliphatic rings. The number of amides is 1. The molecule has 1 aliphatic heterocycles. The van der Waals surface area contributed by atoms with Crippen LogP contribution in [0, 0.1) is 5.92 Å². The lowest BCUT2D eigenvalue weighted by Crippen LogP contribution is -2.33. The molecule has 2 aromatic rings. The molecule has 1 heterocycles. The summed E-state index contributed by atoms with van der Waals surface area (Å²) >= 11 is 0. The van der Waals surface area contributed by atoms with E-state index in [1.807, 2.05) is 6.07 Å². The molecule has 0 spiro atoms. The Morgan fingerprint density at radius 1 is 1.15 bits per heavy atom. The van der Waals surface area contributed by atoms with E-state index in [4.69, 9.17) is 5.73 Å². The summed E-state index contributed by atoms with van der Waals surface area (Å²) in [7, 11) is -2.36. The van der Waals surface area contributed by atoms with Crippen LogP contribution in [0.2, 0.25) is 0 Å². The Morgan fingerprint density at radius 3 is 2.46 bits per heavy atom. The first-order valence-electron chi connectivity index (χ1n) is 8.57. The fraction of sp³-hybridized carbons (Fsp3) is 0.316. The summed E-state index contributed by atoms with van der Waals surface area (Å²) in [5, 5.41) is 0. The highest BCUT2D eigenvalue weighted by Gasteiger charge is 2.31. The molecule has 1 amide bonds. The number of likely N-dealkylation sites (tertiary alicyclic amines) is 1. The summed E-state index contributed by atoms with van der Waals surface area (Å²) < 4.78 is 27.5. The van der Waals surface area contributed by atoms with Gasteiger partial charge in [-0.3, -0.25) is 9.10 Å². The molecule has 0 saturated carbocycles. The molecule has 3 rings (SSSR count). The minimum atomic E-state index is -3.86. The maximum absolute atomic E-state index is 13.1. The van der Waals surface area contributed by atoms with E-state index in [0.29, 0.717) is 25.3 Å². The van der Waals surface area contributed by atoms with Crippen LogP contribution in [0.15, 0.2) is 59.5 Å². The number of carbonyl (C=O) groups excluding carboxylic acids is 1. The number of para-hydroxylation sites is 1. The molecule has 1 saturated heterocycles. The maximum atomic E-state index is 13.1. The molecule has 0 aliphatic carbocycles. The Bertz CT molecular complexity index is 884. The number of carbonyl (C=O) groups is 1. The van der Waals surface area contributed by atoms with Crippen LogP contribution in [0.1, 0.15) is 16.8 Å². The van der Waals surface area contributed by atoms with Crippen molar-refractivity contribution >= 4 is 21.6 Å². The summed E-state index contributed by atoms with van der Waals surface area (Å²) in [5.41, 5.74) is 6.44. The second kappa shape index (κ2) is 7.47. The molecule has 0 radical (unpaired) electrons. The van der Waals surface area contributed by atoms with Crippen molar-refractivity contribution in [1.29, 1.82) is 0 Å². The molecule has 26 heavy (non-hydrogen) atoms. The van der Waals surface area contributed by atoms with E-state index < -0.39 is 10.0 Å². The van der Waals surface area contributed by atoms with Gasteiger partial charge in [-0.1, -0.05) is 30.3 Å². The minimum Gasteiger partial charge on any atom is -0.338 e. The Balaban J connectivity index is 1.95. The predicted octanol–water partition coefficient (Wildman–Crippen LogP) is 1.93. The van der Waals surface area contributed by atoms with E-state index >= 15 is 0 Å². The molecule has 1 atom stereocenters. The van der Waals surface area contributed by atoms with Crippen molar-refractivity contribution in [2.24, 2.45) is 11.7 Å². The number of nitrogens with zero attached hydrogens (tertiary/aromatic N) is 2. The smallest absolute Gasteiger partial charge is 0.264 e. The fourth-order valence-corrected chi connectivity index (χ4v) is 4.55. The van der Waals surface area contributed by atoms with Crippen LogP contribution in [0.5, 0.6) is 0 Å². The third-order valence-corrected chi connectivity index (χ3v) is 6.63. The zero-order chi connectivity index (χ0) is 18.7. The second-order valence-electron chi connectivity index (χ2n) is 6.45.